The minimum absolute atomic E-state index is 0.0596. The van der Waals surface area contributed by atoms with E-state index in [1.807, 2.05) is 0 Å². The molecule has 9 nitrogen and oxygen atoms in total. The van der Waals surface area contributed by atoms with Crippen LogP contribution in [0, 0.1) is 0 Å². The van der Waals surface area contributed by atoms with Crippen molar-refractivity contribution >= 4 is 32.8 Å². The molecule has 0 aliphatic carbocycles. The Morgan fingerprint density at radius 1 is 1.18 bits per heavy atom. The number of para-hydroxylation sites is 1. The van der Waals surface area contributed by atoms with Crippen molar-refractivity contribution in [1.82, 2.24) is 15.3 Å². The molecule has 0 saturated carbocycles. The Balaban J connectivity index is 1.59. The number of ketones is 1. The summed E-state index contributed by atoms with van der Waals surface area (Å²) in [6, 6.07) is 7.79. The first kappa shape index (κ1) is 24.2. The minimum atomic E-state index is -3.83. The number of aromatic nitrogens is 2. The Morgan fingerprint density at radius 3 is 2.64 bits per heavy atom. The van der Waals surface area contributed by atoms with Gasteiger partial charge in [0, 0.05) is 18.2 Å². The number of rotatable bonds is 11. The largest absolute Gasteiger partial charge is 0.435 e. The topological polar surface area (TPSA) is 128 Å². The molecule has 176 valence electrons. The molecule has 3 aromatic rings. The molecule has 33 heavy (non-hydrogen) atoms. The van der Waals surface area contributed by atoms with Crippen LogP contribution in [0.2, 0.25) is 0 Å². The van der Waals surface area contributed by atoms with E-state index in [4.69, 9.17) is 4.42 Å². The van der Waals surface area contributed by atoms with Crippen LogP contribution in [-0.2, 0) is 20.4 Å². The van der Waals surface area contributed by atoms with Crippen molar-refractivity contribution in [2.45, 2.75) is 38.2 Å². The molecule has 1 amide bonds. The lowest BCUT2D eigenvalue weighted by Crippen LogP contribution is -2.41. The number of alkyl halides is 2. The molecule has 3 rings (SSSR count). The summed E-state index contributed by atoms with van der Waals surface area (Å²) < 4.78 is 59.6. The fraction of sp³-hybridized carbons (Fsp3) is 0.333. The number of halogens is 2. The van der Waals surface area contributed by atoms with Gasteiger partial charge < -0.3 is 14.5 Å². The first-order valence-electron chi connectivity index (χ1n) is 9.96. The number of pyridine rings is 1. The van der Waals surface area contributed by atoms with Crippen LogP contribution in [-0.4, -0.2) is 48.5 Å². The maximum Gasteiger partial charge on any atom is 0.387 e. The van der Waals surface area contributed by atoms with E-state index in [2.05, 4.69) is 20.0 Å². The number of hydrogen-bond donors (Lipinski definition) is 1. The van der Waals surface area contributed by atoms with E-state index in [0.29, 0.717) is 5.58 Å². The predicted octanol–water partition coefficient (Wildman–Crippen LogP) is 2.91. The van der Waals surface area contributed by atoms with Gasteiger partial charge in [0.05, 0.1) is 17.5 Å². The van der Waals surface area contributed by atoms with Gasteiger partial charge in [0.15, 0.2) is 21.1 Å². The zero-order valence-corrected chi connectivity index (χ0v) is 18.3. The van der Waals surface area contributed by atoms with Crippen LogP contribution < -0.4 is 10.1 Å². The Kier molecular flexibility index (Phi) is 7.69. The average molecular weight is 481 g/mol. The Labute approximate surface area is 188 Å². The second-order valence-electron chi connectivity index (χ2n) is 7.07. The smallest absolute Gasteiger partial charge is 0.387 e. The summed E-state index contributed by atoms with van der Waals surface area (Å²) in [4.78, 5) is 33.0. The number of hydrogen-bond acceptors (Lipinski definition) is 8. The summed E-state index contributed by atoms with van der Waals surface area (Å²) in [6.07, 6.45) is 1.30. The zero-order valence-electron chi connectivity index (χ0n) is 17.5. The Morgan fingerprint density at radius 2 is 1.94 bits per heavy atom. The van der Waals surface area contributed by atoms with Gasteiger partial charge >= 0.3 is 6.61 Å². The molecule has 0 aliphatic rings. The van der Waals surface area contributed by atoms with Crippen molar-refractivity contribution in [3.05, 3.63) is 54.0 Å². The Bertz CT molecular complexity index is 1210. The van der Waals surface area contributed by atoms with Crippen LogP contribution in [0.1, 0.15) is 36.0 Å². The molecular weight excluding hydrogens is 460 g/mol. The van der Waals surface area contributed by atoms with Crippen molar-refractivity contribution in [2.24, 2.45) is 0 Å². The van der Waals surface area contributed by atoms with Gasteiger partial charge in [-0.2, -0.15) is 13.8 Å². The van der Waals surface area contributed by atoms with E-state index < -0.39 is 52.1 Å². The summed E-state index contributed by atoms with van der Waals surface area (Å²) >= 11 is 0. The zero-order chi connectivity index (χ0) is 24.0. The summed E-state index contributed by atoms with van der Waals surface area (Å²) in [6.45, 7) is -1.43. The van der Waals surface area contributed by atoms with Crippen molar-refractivity contribution in [3.63, 3.8) is 0 Å². The lowest BCUT2D eigenvalue weighted by Gasteiger charge is -2.14. The second kappa shape index (κ2) is 10.5. The minimum Gasteiger partial charge on any atom is -0.435 e. The highest BCUT2D eigenvalue weighted by Gasteiger charge is 2.26. The van der Waals surface area contributed by atoms with E-state index in [1.165, 1.54) is 30.5 Å². The molecular formula is C21H21F2N3O6S. The highest BCUT2D eigenvalue weighted by atomic mass is 32.2. The fourth-order valence-electron chi connectivity index (χ4n) is 3.03. The van der Waals surface area contributed by atoms with E-state index in [-0.39, 0.29) is 29.3 Å². The number of Topliss-reactive ketones (excluding diaryl/α,β-unsaturated/α-hetero) is 1. The summed E-state index contributed by atoms with van der Waals surface area (Å²) in [5, 5.41) is 2.49. The van der Waals surface area contributed by atoms with E-state index >= 15 is 0 Å². The fourth-order valence-corrected chi connectivity index (χ4v) is 4.39. The van der Waals surface area contributed by atoms with Crippen LogP contribution >= 0.6 is 0 Å². The molecule has 0 radical (unpaired) electrons. The summed E-state index contributed by atoms with van der Waals surface area (Å²) in [7, 11) is -3.83. The van der Waals surface area contributed by atoms with Gasteiger partial charge in [-0.15, -0.1) is 0 Å². The van der Waals surface area contributed by atoms with Crippen molar-refractivity contribution in [3.8, 4) is 5.75 Å². The number of oxazole rings is 1. The predicted molar refractivity (Wildman–Crippen MR) is 114 cm³/mol. The van der Waals surface area contributed by atoms with E-state index in [1.54, 1.807) is 19.1 Å². The molecule has 1 atom stereocenters. The second-order valence-corrected chi connectivity index (χ2v) is 9.25. The molecule has 2 aromatic heterocycles. The van der Waals surface area contributed by atoms with Crippen molar-refractivity contribution in [2.75, 3.05) is 5.75 Å². The molecule has 12 heteroatoms. The standard InChI is InChI=1S/C21H21F2N3O6S/c1-2-14(18(28)20-26-19-16(31-20)8-5-10-24-19)25-17(27)9-11-33(29,30)12-13-6-3-4-7-15(13)32-21(22)23/h3-8,10,14,21H,2,9,11-12H2,1H3,(H,25,27)/t14-/m0/s1. The summed E-state index contributed by atoms with van der Waals surface area (Å²) in [5.74, 6) is -2.80. The number of fused-ring (bicyclic) bond motifs is 1. The highest BCUT2D eigenvalue weighted by Crippen LogP contribution is 2.23. The third-order valence-corrected chi connectivity index (χ3v) is 6.22. The van der Waals surface area contributed by atoms with Crippen LogP contribution in [0.25, 0.3) is 11.2 Å². The normalized spacial score (nSPS) is 12.6. The molecule has 1 aromatic carbocycles. The SMILES string of the molecule is CC[C@H](NC(=O)CCS(=O)(=O)Cc1ccccc1OC(F)F)C(=O)c1nc2ncccc2o1. The average Bonchev–Trinajstić information content (AvgIpc) is 3.21. The number of ether oxygens (including phenoxy) is 1. The maximum absolute atomic E-state index is 12.7. The first-order valence-corrected chi connectivity index (χ1v) is 11.8. The van der Waals surface area contributed by atoms with Crippen LogP contribution in [0.5, 0.6) is 5.75 Å². The molecule has 0 aliphatic heterocycles. The lowest BCUT2D eigenvalue weighted by atomic mass is 10.1. The van der Waals surface area contributed by atoms with Crippen LogP contribution in [0.15, 0.2) is 47.0 Å². The molecule has 0 spiro atoms. The monoisotopic (exact) mass is 481 g/mol. The summed E-state index contributed by atoms with van der Waals surface area (Å²) in [5.41, 5.74) is 0.637. The van der Waals surface area contributed by atoms with Crippen LogP contribution in [0.3, 0.4) is 0 Å². The van der Waals surface area contributed by atoms with Gasteiger partial charge in [0.25, 0.3) is 5.89 Å². The van der Waals surface area contributed by atoms with Gasteiger partial charge in [0.2, 0.25) is 11.7 Å². The third kappa shape index (κ3) is 6.54. The number of nitrogens with one attached hydrogen (secondary N) is 1. The molecule has 0 bridgehead atoms. The molecule has 0 saturated heterocycles. The number of sulfone groups is 1. The molecule has 0 fully saturated rings. The van der Waals surface area contributed by atoms with E-state index in [9.17, 15) is 26.8 Å². The van der Waals surface area contributed by atoms with Crippen molar-refractivity contribution < 1.29 is 35.9 Å². The Hall–Kier alpha value is -3.41. The molecule has 0 unspecified atom stereocenters. The first-order chi connectivity index (χ1) is 15.7. The number of amides is 1. The van der Waals surface area contributed by atoms with Crippen LogP contribution in [0.4, 0.5) is 8.78 Å². The molecule has 1 N–H and O–H groups in total. The van der Waals surface area contributed by atoms with E-state index in [0.717, 1.165) is 0 Å². The quantitative estimate of drug-likeness (QED) is 0.414. The number of benzene rings is 1. The van der Waals surface area contributed by atoms with Crippen molar-refractivity contribution in [1.29, 1.82) is 0 Å². The number of carbonyl (C=O) groups excluding carboxylic acids is 2. The van der Waals surface area contributed by atoms with Gasteiger partial charge in [-0.1, -0.05) is 25.1 Å². The highest BCUT2D eigenvalue weighted by molar-refractivity contribution is 7.90. The van der Waals surface area contributed by atoms with Gasteiger partial charge in [-0.25, -0.2) is 13.4 Å². The number of nitrogens with zero attached hydrogens (tertiary/aromatic N) is 2. The maximum atomic E-state index is 12.7. The third-order valence-electron chi connectivity index (χ3n) is 4.64. The lowest BCUT2D eigenvalue weighted by molar-refractivity contribution is -0.121. The van der Waals surface area contributed by atoms with Gasteiger partial charge in [-0.3, -0.25) is 9.59 Å². The molecule has 2 heterocycles. The number of carbonyl (C=O) groups is 2. The van der Waals surface area contributed by atoms with Gasteiger partial charge in [-0.05, 0) is 24.6 Å². The van der Waals surface area contributed by atoms with Gasteiger partial charge in [0.1, 0.15) is 5.75 Å².